The van der Waals surface area contributed by atoms with Gasteiger partial charge >= 0.3 is 0 Å². The zero-order valence-electron chi connectivity index (χ0n) is 17.1. The molecule has 0 unspecified atom stereocenters. The predicted molar refractivity (Wildman–Crippen MR) is 112 cm³/mol. The summed E-state index contributed by atoms with van der Waals surface area (Å²) in [5.74, 6) is 1.79. The van der Waals surface area contributed by atoms with E-state index in [1.165, 1.54) is 36.6 Å². The Morgan fingerprint density at radius 3 is 2.59 bits per heavy atom. The van der Waals surface area contributed by atoms with Crippen LogP contribution in [-0.4, -0.2) is 73.2 Å². The molecule has 1 aromatic heterocycles. The number of aryl methyl sites for hydroxylation is 1. The first-order chi connectivity index (χ1) is 13.2. The van der Waals surface area contributed by atoms with Crippen LogP contribution in [0, 0.1) is 12.8 Å². The summed E-state index contributed by atoms with van der Waals surface area (Å²) < 4.78 is 5.76. The van der Waals surface area contributed by atoms with Crippen LogP contribution in [-0.2, 0) is 11.3 Å². The lowest BCUT2D eigenvalue weighted by molar-refractivity contribution is 0.0263. The number of hydrogen-bond acceptors (Lipinski definition) is 5. The van der Waals surface area contributed by atoms with Crippen LogP contribution in [0.2, 0.25) is 0 Å². The number of piperidine rings is 2. The zero-order valence-corrected chi connectivity index (χ0v) is 17.9. The van der Waals surface area contributed by atoms with Crippen molar-refractivity contribution in [2.24, 2.45) is 10.9 Å². The molecule has 1 aromatic rings. The number of likely N-dealkylation sites (tertiary alicyclic amines) is 2. The van der Waals surface area contributed by atoms with Crippen LogP contribution in [0.3, 0.4) is 0 Å². The summed E-state index contributed by atoms with van der Waals surface area (Å²) in [4.78, 5) is 14.0. The lowest BCUT2D eigenvalue weighted by Crippen LogP contribution is -2.48. The van der Waals surface area contributed by atoms with Gasteiger partial charge in [0.05, 0.1) is 16.8 Å². The topological polar surface area (TPSA) is 53.0 Å². The first-order valence-corrected chi connectivity index (χ1v) is 11.3. The fraction of sp³-hybridized carbons (Fsp3) is 0.800. The summed E-state index contributed by atoms with van der Waals surface area (Å²) in [6.45, 7) is 11.4. The van der Waals surface area contributed by atoms with E-state index in [0.717, 1.165) is 57.5 Å². The molecule has 2 aliphatic heterocycles. The predicted octanol–water partition coefficient (Wildman–Crippen LogP) is 2.74. The number of rotatable bonds is 6. The van der Waals surface area contributed by atoms with Gasteiger partial charge in [-0.25, -0.2) is 4.98 Å². The minimum absolute atomic E-state index is 0.426. The number of thiazole rings is 1. The second-order valence-electron chi connectivity index (χ2n) is 7.65. The molecular formula is C20H35N5OS. The van der Waals surface area contributed by atoms with Crippen LogP contribution in [0.1, 0.15) is 43.3 Å². The van der Waals surface area contributed by atoms with Gasteiger partial charge in [-0.2, -0.15) is 0 Å². The number of ether oxygens (including phenoxy) is 1. The molecule has 2 saturated heterocycles. The van der Waals surface area contributed by atoms with Gasteiger partial charge in [-0.05, 0) is 58.5 Å². The molecule has 0 bridgehead atoms. The molecule has 7 heteroatoms. The van der Waals surface area contributed by atoms with Crippen LogP contribution in [0.15, 0.2) is 10.4 Å². The number of aromatic nitrogens is 1. The lowest BCUT2D eigenvalue weighted by Gasteiger charge is -2.35. The van der Waals surface area contributed by atoms with E-state index in [2.05, 4.69) is 44.3 Å². The highest BCUT2D eigenvalue weighted by molar-refractivity contribution is 7.09. The number of aliphatic imine (C=N–C) groups is 1. The van der Waals surface area contributed by atoms with E-state index in [4.69, 9.17) is 4.74 Å². The largest absolute Gasteiger partial charge is 0.378 e. The van der Waals surface area contributed by atoms with Crippen LogP contribution in [0.5, 0.6) is 0 Å². The van der Waals surface area contributed by atoms with E-state index >= 15 is 0 Å². The molecule has 1 N–H and O–H groups in total. The maximum atomic E-state index is 5.76. The molecule has 0 saturated carbocycles. The highest BCUT2D eigenvalue weighted by Crippen LogP contribution is 2.20. The van der Waals surface area contributed by atoms with E-state index in [-0.39, 0.29) is 0 Å². The molecule has 27 heavy (non-hydrogen) atoms. The van der Waals surface area contributed by atoms with Crippen LogP contribution >= 0.6 is 11.3 Å². The number of nitrogens with zero attached hydrogens (tertiary/aromatic N) is 4. The second-order valence-corrected chi connectivity index (χ2v) is 8.71. The molecule has 0 aromatic carbocycles. The molecule has 3 heterocycles. The zero-order chi connectivity index (χ0) is 19.1. The third-order valence-electron chi connectivity index (χ3n) is 5.66. The first kappa shape index (κ1) is 20.6. The lowest BCUT2D eigenvalue weighted by atomic mass is 9.96. The third-order valence-corrected chi connectivity index (χ3v) is 6.49. The Morgan fingerprint density at radius 1 is 1.26 bits per heavy atom. The van der Waals surface area contributed by atoms with Gasteiger partial charge in [0, 0.05) is 45.2 Å². The summed E-state index contributed by atoms with van der Waals surface area (Å²) in [6.07, 6.45) is 5.13. The van der Waals surface area contributed by atoms with Gasteiger partial charge in [-0.1, -0.05) is 0 Å². The Labute approximate surface area is 168 Å². The van der Waals surface area contributed by atoms with Crippen LogP contribution < -0.4 is 5.32 Å². The van der Waals surface area contributed by atoms with Crippen LogP contribution in [0.25, 0.3) is 0 Å². The van der Waals surface area contributed by atoms with Crippen LogP contribution in [0.4, 0.5) is 0 Å². The molecule has 152 valence electrons. The quantitative estimate of drug-likeness (QED) is 0.595. The van der Waals surface area contributed by atoms with Gasteiger partial charge in [0.15, 0.2) is 5.96 Å². The SMILES string of the molecule is CCOC1CCN(C(=NC)NCC2CCN(Cc3csc(C)n3)CC2)CC1. The molecule has 3 rings (SSSR count). The van der Waals surface area contributed by atoms with Crippen molar-refractivity contribution in [3.05, 3.63) is 16.1 Å². The number of hydrogen-bond donors (Lipinski definition) is 1. The molecule has 0 spiro atoms. The van der Waals surface area contributed by atoms with Crippen molar-refractivity contribution in [1.29, 1.82) is 0 Å². The molecule has 2 fully saturated rings. The number of guanidine groups is 1. The summed E-state index contributed by atoms with van der Waals surface area (Å²) in [5, 5.41) is 6.99. The summed E-state index contributed by atoms with van der Waals surface area (Å²) in [5.41, 5.74) is 1.23. The van der Waals surface area contributed by atoms with Crippen molar-refractivity contribution in [3.8, 4) is 0 Å². The molecule has 0 aliphatic carbocycles. The van der Waals surface area contributed by atoms with Gasteiger partial charge < -0.3 is 15.0 Å². The summed E-state index contributed by atoms with van der Waals surface area (Å²) in [7, 11) is 1.90. The minimum Gasteiger partial charge on any atom is -0.378 e. The van der Waals surface area contributed by atoms with Gasteiger partial charge in [-0.15, -0.1) is 11.3 Å². The minimum atomic E-state index is 0.426. The van der Waals surface area contributed by atoms with Crippen molar-refractivity contribution in [1.82, 2.24) is 20.1 Å². The summed E-state index contributed by atoms with van der Waals surface area (Å²) in [6, 6.07) is 0. The Kier molecular flexibility index (Phi) is 7.91. The van der Waals surface area contributed by atoms with Crippen molar-refractivity contribution in [3.63, 3.8) is 0 Å². The smallest absolute Gasteiger partial charge is 0.193 e. The fourth-order valence-corrected chi connectivity index (χ4v) is 4.70. The normalized spacial score (nSPS) is 21.0. The van der Waals surface area contributed by atoms with E-state index in [0.29, 0.717) is 6.10 Å². The molecular weight excluding hydrogens is 358 g/mol. The van der Waals surface area contributed by atoms with Crippen molar-refractivity contribution < 1.29 is 4.74 Å². The first-order valence-electron chi connectivity index (χ1n) is 10.4. The highest BCUT2D eigenvalue weighted by Gasteiger charge is 2.23. The molecule has 2 aliphatic rings. The third kappa shape index (κ3) is 6.16. The van der Waals surface area contributed by atoms with Gasteiger partial charge in [-0.3, -0.25) is 9.89 Å². The average Bonchev–Trinajstić information content (AvgIpc) is 3.10. The second kappa shape index (κ2) is 10.4. The standard InChI is InChI=1S/C20H35N5OS/c1-4-26-19-7-11-25(12-8-19)20(21-3)22-13-17-5-9-24(10-6-17)14-18-15-27-16(2)23-18/h15,17,19H,4-14H2,1-3H3,(H,21,22). The fourth-order valence-electron chi connectivity index (χ4n) is 4.10. The van der Waals surface area contributed by atoms with Crippen molar-refractivity contribution in [2.75, 3.05) is 46.4 Å². The van der Waals surface area contributed by atoms with Crippen molar-refractivity contribution in [2.45, 2.75) is 52.2 Å². The Balaban J connectivity index is 1.36. The maximum absolute atomic E-state index is 5.76. The monoisotopic (exact) mass is 393 g/mol. The Hall–Kier alpha value is -1.18. The average molecular weight is 394 g/mol. The van der Waals surface area contributed by atoms with E-state index in [9.17, 15) is 0 Å². The van der Waals surface area contributed by atoms with Crippen molar-refractivity contribution >= 4 is 17.3 Å². The van der Waals surface area contributed by atoms with E-state index < -0.39 is 0 Å². The summed E-state index contributed by atoms with van der Waals surface area (Å²) >= 11 is 1.75. The van der Waals surface area contributed by atoms with Gasteiger partial charge in [0.1, 0.15) is 0 Å². The molecule has 0 amide bonds. The molecule has 6 nitrogen and oxygen atoms in total. The van der Waals surface area contributed by atoms with E-state index in [1.807, 2.05) is 7.05 Å². The molecule has 0 atom stereocenters. The Morgan fingerprint density at radius 2 is 2.00 bits per heavy atom. The maximum Gasteiger partial charge on any atom is 0.193 e. The van der Waals surface area contributed by atoms with Gasteiger partial charge in [0.25, 0.3) is 0 Å². The van der Waals surface area contributed by atoms with E-state index in [1.54, 1.807) is 11.3 Å². The Bertz CT molecular complexity index is 589. The number of nitrogens with one attached hydrogen (secondary N) is 1. The van der Waals surface area contributed by atoms with Gasteiger partial charge in [0.2, 0.25) is 0 Å². The molecule has 0 radical (unpaired) electrons. The highest BCUT2D eigenvalue weighted by atomic mass is 32.1.